The minimum absolute atomic E-state index is 0.373. The van der Waals surface area contributed by atoms with E-state index in [4.69, 9.17) is 0 Å². The quantitative estimate of drug-likeness (QED) is 0.548. The molecule has 1 aliphatic heterocycles. The van der Waals surface area contributed by atoms with Crippen LogP contribution >= 0.6 is 0 Å². The van der Waals surface area contributed by atoms with Crippen molar-refractivity contribution in [1.82, 2.24) is 14.9 Å². The minimum atomic E-state index is -3.39. The maximum atomic E-state index is 12.8. The monoisotopic (exact) mass is 428 g/mol. The Balaban J connectivity index is 1.46. The molecule has 1 saturated heterocycles. The van der Waals surface area contributed by atoms with Crippen LogP contribution in [-0.4, -0.2) is 45.4 Å². The Morgan fingerprint density at radius 3 is 2.40 bits per heavy atom. The molecule has 1 fully saturated rings. The summed E-state index contributed by atoms with van der Waals surface area (Å²) >= 11 is 0. The summed E-state index contributed by atoms with van der Waals surface area (Å²) in [6, 6.07) is 15.1. The van der Waals surface area contributed by atoms with Gasteiger partial charge in [0, 0.05) is 33.2 Å². The summed E-state index contributed by atoms with van der Waals surface area (Å²) in [6.45, 7) is 6.83. The molecule has 0 saturated carbocycles. The van der Waals surface area contributed by atoms with Crippen LogP contribution in [0.15, 0.2) is 58.4 Å². The number of aryl methyl sites for hydroxylation is 2. The van der Waals surface area contributed by atoms with E-state index in [9.17, 15) is 8.42 Å². The Kier molecular flexibility index (Phi) is 7.50. The van der Waals surface area contributed by atoms with Crippen molar-refractivity contribution >= 4 is 16.0 Å². The predicted octanol–water partition coefficient (Wildman–Crippen LogP) is 3.07. The SMILES string of the molecule is CN=C(NCc1ccc(C)cc1C)NCC1CCN(S(=O)(=O)c2ccccc2)CC1. The molecular weight excluding hydrogens is 396 g/mol. The summed E-state index contributed by atoms with van der Waals surface area (Å²) in [5.41, 5.74) is 3.78. The second-order valence-corrected chi connectivity index (χ2v) is 9.84. The number of benzene rings is 2. The molecule has 0 amide bonds. The largest absolute Gasteiger partial charge is 0.356 e. The molecule has 2 N–H and O–H groups in total. The third-order valence-corrected chi connectivity index (χ3v) is 7.59. The first-order valence-electron chi connectivity index (χ1n) is 10.5. The molecule has 0 bridgehead atoms. The maximum absolute atomic E-state index is 12.8. The Morgan fingerprint density at radius 2 is 1.77 bits per heavy atom. The van der Waals surface area contributed by atoms with E-state index in [1.807, 2.05) is 6.07 Å². The second-order valence-electron chi connectivity index (χ2n) is 7.90. The van der Waals surface area contributed by atoms with Gasteiger partial charge in [0.2, 0.25) is 10.0 Å². The van der Waals surface area contributed by atoms with E-state index in [-0.39, 0.29) is 0 Å². The normalized spacial score (nSPS) is 16.4. The fourth-order valence-electron chi connectivity index (χ4n) is 3.78. The molecule has 0 aromatic heterocycles. The zero-order chi connectivity index (χ0) is 21.6. The van der Waals surface area contributed by atoms with Crippen molar-refractivity contribution in [2.75, 3.05) is 26.7 Å². The summed E-state index contributed by atoms with van der Waals surface area (Å²) in [7, 11) is -1.62. The molecule has 0 radical (unpaired) electrons. The van der Waals surface area contributed by atoms with Gasteiger partial charge < -0.3 is 10.6 Å². The molecule has 3 rings (SSSR count). The first-order chi connectivity index (χ1) is 14.4. The molecule has 1 aliphatic rings. The summed E-state index contributed by atoms with van der Waals surface area (Å²) in [4.78, 5) is 4.69. The molecule has 1 heterocycles. The molecule has 162 valence electrons. The highest BCUT2D eigenvalue weighted by Crippen LogP contribution is 2.23. The molecular formula is C23H32N4O2S. The van der Waals surface area contributed by atoms with Crippen molar-refractivity contribution < 1.29 is 8.42 Å². The van der Waals surface area contributed by atoms with Gasteiger partial charge in [-0.15, -0.1) is 0 Å². The second kappa shape index (κ2) is 10.1. The van der Waals surface area contributed by atoms with Crippen LogP contribution in [0.4, 0.5) is 0 Å². The summed E-state index contributed by atoms with van der Waals surface area (Å²) in [5.74, 6) is 1.20. The van der Waals surface area contributed by atoms with E-state index >= 15 is 0 Å². The highest BCUT2D eigenvalue weighted by molar-refractivity contribution is 7.89. The van der Waals surface area contributed by atoms with Gasteiger partial charge in [-0.3, -0.25) is 4.99 Å². The number of rotatable bonds is 6. The van der Waals surface area contributed by atoms with Crippen molar-refractivity contribution in [2.45, 2.75) is 38.1 Å². The van der Waals surface area contributed by atoms with Crippen LogP contribution in [0.5, 0.6) is 0 Å². The first-order valence-corrected chi connectivity index (χ1v) is 11.9. The van der Waals surface area contributed by atoms with Gasteiger partial charge in [0.25, 0.3) is 0 Å². The number of hydrogen-bond donors (Lipinski definition) is 2. The smallest absolute Gasteiger partial charge is 0.243 e. The van der Waals surface area contributed by atoms with Gasteiger partial charge in [0.1, 0.15) is 0 Å². The van der Waals surface area contributed by atoms with Gasteiger partial charge in [-0.1, -0.05) is 42.0 Å². The molecule has 0 spiro atoms. The van der Waals surface area contributed by atoms with Crippen molar-refractivity contribution in [3.8, 4) is 0 Å². The maximum Gasteiger partial charge on any atom is 0.243 e. The van der Waals surface area contributed by atoms with Gasteiger partial charge in [0.05, 0.1) is 4.90 Å². The third kappa shape index (κ3) is 5.61. The zero-order valence-corrected chi connectivity index (χ0v) is 18.9. The molecule has 2 aromatic carbocycles. The average Bonchev–Trinajstić information content (AvgIpc) is 2.76. The van der Waals surface area contributed by atoms with E-state index in [1.54, 1.807) is 35.6 Å². The molecule has 30 heavy (non-hydrogen) atoms. The number of aliphatic imine (C=N–C) groups is 1. The first kappa shape index (κ1) is 22.3. The fourth-order valence-corrected chi connectivity index (χ4v) is 5.27. The highest BCUT2D eigenvalue weighted by atomic mass is 32.2. The van der Waals surface area contributed by atoms with Crippen molar-refractivity contribution in [2.24, 2.45) is 10.9 Å². The standard InChI is InChI=1S/C23H32N4O2S/c1-18-9-10-21(19(2)15-18)17-26-23(24-3)25-16-20-11-13-27(14-12-20)30(28,29)22-7-5-4-6-8-22/h4-10,15,20H,11-14,16-17H2,1-3H3,(H2,24,25,26). The molecule has 0 unspecified atom stereocenters. The average molecular weight is 429 g/mol. The lowest BCUT2D eigenvalue weighted by Gasteiger charge is -2.31. The van der Waals surface area contributed by atoms with Gasteiger partial charge in [-0.05, 0) is 55.9 Å². The van der Waals surface area contributed by atoms with Crippen molar-refractivity contribution in [3.05, 3.63) is 65.2 Å². The van der Waals surface area contributed by atoms with E-state index in [1.165, 1.54) is 16.7 Å². The van der Waals surface area contributed by atoms with E-state index in [0.29, 0.717) is 23.9 Å². The zero-order valence-electron chi connectivity index (χ0n) is 18.1. The molecule has 0 atom stereocenters. The summed E-state index contributed by atoms with van der Waals surface area (Å²) < 4.78 is 27.1. The van der Waals surface area contributed by atoms with E-state index in [2.05, 4.69) is 47.7 Å². The minimum Gasteiger partial charge on any atom is -0.356 e. The molecule has 6 nitrogen and oxygen atoms in total. The van der Waals surface area contributed by atoms with Gasteiger partial charge in [-0.2, -0.15) is 4.31 Å². The van der Waals surface area contributed by atoms with Gasteiger partial charge in [0.15, 0.2) is 5.96 Å². The lowest BCUT2D eigenvalue weighted by atomic mass is 9.98. The topological polar surface area (TPSA) is 73.8 Å². The number of nitrogens with one attached hydrogen (secondary N) is 2. The van der Waals surface area contributed by atoms with Gasteiger partial charge >= 0.3 is 0 Å². The Morgan fingerprint density at radius 1 is 1.07 bits per heavy atom. The van der Waals surface area contributed by atoms with Crippen LogP contribution in [0.3, 0.4) is 0 Å². The Hall–Kier alpha value is -2.38. The van der Waals surface area contributed by atoms with Crippen LogP contribution in [0.25, 0.3) is 0 Å². The number of nitrogens with zero attached hydrogens (tertiary/aromatic N) is 2. The van der Waals surface area contributed by atoms with Crippen molar-refractivity contribution in [3.63, 3.8) is 0 Å². The van der Waals surface area contributed by atoms with Gasteiger partial charge in [-0.25, -0.2) is 8.42 Å². The van der Waals surface area contributed by atoms with Crippen LogP contribution in [0.2, 0.25) is 0 Å². The van der Waals surface area contributed by atoms with Crippen LogP contribution in [0.1, 0.15) is 29.5 Å². The molecule has 2 aromatic rings. The molecule has 0 aliphatic carbocycles. The van der Waals surface area contributed by atoms with Crippen LogP contribution in [-0.2, 0) is 16.6 Å². The van der Waals surface area contributed by atoms with E-state index in [0.717, 1.165) is 31.9 Å². The Labute approximate surface area is 180 Å². The number of sulfonamides is 1. The van der Waals surface area contributed by atoms with Crippen LogP contribution in [0, 0.1) is 19.8 Å². The number of piperidine rings is 1. The summed E-state index contributed by atoms with van der Waals surface area (Å²) in [5, 5.41) is 6.77. The summed E-state index contributed by atoms with van der Waals surface area (Å²) in [6.07, 6.45) is 1.68. The fraction of sp³-hybridized carbons (Fsp3) is 0.435. The lowest BCUT2D eigenvalue weighted by molar-refractivity contribution is 0.273. The molecule has 7 heteroatoms. The van der Waals surface area contributed by atoms with E-state index < -0.39 is 10.0 Å². The number of hydrogen-bond acceptors (Lipinski definition) is 3. The Bertz CT molecular complexity index is 966. The predicted molar refractivity (Wildman–Crippen MR) is 122 cm³/mol. The highest BCUT2D eigenvalue weighted by Gasteiger charge is 2.29. The van der Waals surface area contributed by atoms with Crippen LogP contribution < -0.4 is 10.6 Å². The third-order valence-electron chi connectivity index (χ3n) is 5.68. The number of guanidine groups is 1. The lowest BCUT2D eigenvalue weighted by Crippen LogP contribution is -2.44. The van der Waals surface area contributed by atoms with Crippen molar-refractivity contribution in [1.29, 1.82) is 0 Å².